The molecule has 0 aromatic rings. The van der Waals surface area contributed by atoms with Crippen LogP contribution in [0.4, 0.5) is 4.79 Å². The van der Waals surface area contributed by atoms with Crippen molar-refractivity contribution in [3.63, 3.8) is 0 Å². The molecule has 0 spiro atoms. The van der Waals surface area contributed by atoms with Crippen molar-refractivity contribution in [1.82, 2.24) is 10.2 Å². The molecule has 0 aliphatic carbocycles. The van der Waals surface area contributed by atoms with E-state index in [0.717, 1.165) is 13.1 Å². The maximum atomic E-state index is 10.4. The second-order valence-corrected chi connectivity index (χ2v) is 4.18. The number of nitrogens with one attached hydrogen (secondary N) is 1. The van der Waals surface area contributed by atoms with Crippen molar-refractivity contribution >= 4 is 6.09 Å². The van der Waals surface area contributed by atoms with Crippen molar-refractivity contribution in [1.29, 1.82) is 0 Å². The number of primary amides is 1. The lowest BCUT2D eigenvalue weighted by Crippen LogP contribution is -2.34. The second kappa shape index (κ2) is 7.46. The molecule has 1 rings (SSSR count). The van der Waals surface area contributed by atoms with Gasteiger partial charge in [-0.15, -0.1) is 0 Å². The van der Waals surface area contributed by atoms with Gasteiger partial charge in [0.2, 0.25) is 0 Å². The molecule has 1 unspecified atom stereocenters. The van der Waals surface area contributed by atoms with Gasteiger partial charge in [0.1, 0.15) is 6.61 Å². The lowest BCUT2D eigenvalue weighted by molar-refractivity contribution is 0.155. The van der Waals surface area contributed by atoms with E-state index in [1.807, 2.05) is 0 Å². The van der Waals surface area contributed by atoms with Crippen molar-refractivity contribution < 1.29 is 9.53 Å². The fourth-order valence-electron chi connectivity index (χ4n) is 2.09. The van der Waals surface area contributed by atoms with Crippen LogP contribution >= 0.6 is 0 Å². The number of hydrogen-bond donors (Lipinski definition) is 2. The largest absolute Gasteiger partial charge is 0.448 e. The van der Waals surface area contributed by atoms with Crippen LogP contribution in [0.5, 0.6) is 0 Å². The van der Waals surface area contributed by atoms with E-state index in [1.165, 1.54) is 25.8 Å². The van der Waals surface area contributed by atoms with Gasteiger partial charge in [-0.25, -0.2) is 4.79 Å². The maximum Gasteiger partial charge on any atom is 0.404 e. The van der Waals surface area contributed by atoms with Gasteiger partial charge in [-0.05, 0) is 38.9 Å². The Morgan fingerprint density at radius 2 is 2.31 bits per heavy atom. The Kier molecular flexibility index (Phi) is 6.18. The molecule has 0 bridgehead atoms. The van der Waals surface area contributed by atoms with Gasteiger partial charge in [-0.2, -0.15) is 0 Å². The third-order valence-electron chi connectivity index (χ3n) is 3.05. The molecule has 1 aliphatic rings. The highest BCUT2D eigenvalue weighted by Crippen LogP contribution is 2.10. The van der Waals surface area contributed by atoms with Crippen LogP contribution in [0, 0.1) is 0 Å². The van der Waals surface area contributed by atoms with E-state index in [4.69, 9.17) is 5.73 Å². The van der Waals surface area contributed by atoms with Crippen LogP contribution in [0.25, 0.3) is 0 Å². The average Bonchev–Trinajstić information content (AvgIpc) is 2.49. The van der Waals surface area contributed by atoms with Gasteiger partial charge in [0.25, 0.3) is 0 Å². The summed E-state index contributed by atoms with van der Waals surface area (Å²) >= 11 is 0. The first-order valence-corrected chi connectivity index (χ1v) is 6.10. The molecule has 94 valence electrons. The topological polar surface area (TPSA) is 67.6 Å². The number of nitrogens with two attached hydrogens (primary N) is 1. The third kappa shape index (κ3) is 5.32. The minimum absolute atomic E-state index is 0.364. The van der Waals surface area contributed by atoms with E-state index in [-0.39, 0.29) is 0 Å². The van der Waals surface area contributed by atoms with Gasteiger partial charge >= 0.3 is 6.09 Å². The number of carbonyl (C=O) groups is 1. The van der Waals surface area contributed by atoms with E-state index in [0.29, 0.717) is 19.2 Å². The summed E-state index contributed by atoms with van der Waals surface area (Å²) < 4.78 is 4.67. The molecule has 1 saturated heterocycles. The molecule has 1 fully saturated rings. The van der Waals surface area contributed by atoms with Gasteiger partial charge in [0.15, 0.2) is 0 Å². The van der Waals surface area contributed by atoms with Gasteiger partial charge in [-0.1, -0.05) is 6.92 Å². The van der Waals surface area contributed by atoms with E-state index in [9.17, 15) is 4.79 Å². The Morgan fingerprint density at radius 3 is 3.00 bits per heavy atom. The normalized spacial score (nSPS) is 22.7. The molecule has 3 N–H and O–H groups in total. The molecule has 5 nitrogen and oxygen atoms in total. The van der Waals surface area contributed by atoms with Gasteiger partial charge in [0, 0.05) is 12.6 Å². The summed E-state index contributed by atoms with van der Waals surface area (Å²) in [5.41, 5.74) is 4.88. The number of nitrogens with zero attached hydrogens (tertiary/aromatic N) is 1. The van der Waals surface area contributed by atoms with Crippen LogP contribution in [0.1, 0.15) is 26.2 Å². The number of amides is 1. The molecule has 0 aromatic heterocycles. The Balaban J connectivity index is 2.10. The lowest BCUT2D eigenvalue weighted by Gasteiger charge is -2.18. The first-order valence-electron chi connectivity index (χ1n) is 6.10. The summed E-state index contributed by atoms with van der Waals surface area (Å²) in [4.78, 5) is 12.8. The molecule has 0 aromatic carbocycles. The minimum atomic E-state index is -0.695. The summed E-state index contributed by atoms with van der Waals surface area (Å²) in [6.45, 7) is 6.76. The summed E-state index contributed by atoms with van der Waals surface area (Å²) in [6.07, 6.45) is 2.92. The number of rotatable bonds is 5. The molecule has 0 saturated carbocycles. The standard InChI is InChI=1S/C11H23N3O2/c1-2-14-7-3-4-10(5-8-14)13-6-9-16-11(12)15/h10,13H,2-9H2,1H3,(H2,12,15). The number of hydrogen-bond acceptors (Lipinski definition) is 4. The van der Waals surface area contributed by atoms with Crippen LogP contribution in [0.3, 0.4) is 0 Å². The third-order valence-corrected chi connectivity index (χ3v) is 3.05. The summed E-state index contributed by atoms with van der Waals surface area (Å²) in [5, 5.41) is 3.40. The van der Waals surface area contributed by atoms with Gasteiger partial charge in [-0.3, -0.25) is 0 Å². The van der Waals surface area contributed by atoms with Crippen molar-refractivity contribution in [2.45, 2.75) is 32.2 Å². The molecule has 1 amide bonds. The molecular formula is C11H23N3O2. The highest BCUT2D eigenvalue weighted by molar-refractivity contribution is 5.64. The number of carbonyl (C=O) groups excluding carboxylic acids is 1. The molecule has 16 heavy (non-hydrogen) atoms. The second-order valence-electron chi connectivity index (χ2n) is 4.18. The quantitative estimate of drug-likeness (QED) is 0.675. The van der Waals surface area contributed by atoms with Crippen molar-refractivity contribution in [3.05, 3.63) is 0 Å². The molecule has 1 aliphatic heterocycles. The fourth-order valence-corrected chi connectivity index (χ4v) is 2.09. The van der Waals surface area contributed by atoms with Crippen LogP contribution in [0.2, 0.25) is 0 Å². The van der Waals surface area contributed by atoms with Crippen molar-refractivity contribution in [2.24, 2.45) is 5.73 Å². The fraction of sp³-hybridized carbons (Fsp3) is 0.909. The molecule has 0 radical (unpaired) electrons. The Bertz CT molecular complexity index is 211. The maximum absolute atomic E-state index is 10.4. The Hall–Kier alpha value is -0.810. The molecule has 1 heterocycles. The number of ether oxygens (including phenoxy) is 1. The molecular weight excluding hydrogens is 206 g/mol. The smallest absolute Gasteiger partial charge is 0.404 e. The van der Waals surface area contributed by atoms with Crippen molar-refractivity contribution in [3.8, 4) is 0 Å². The zero-order chi connectivity index (χ0) is 11.8. The van der Waals surface area contributed by atoms with Crippen LogP contribution in [-0.2, 0) is 4.74 Å². The predicted octanol–water partition coefficient (Wildman–Crippen LogP) is 0.546. The van der Waals surface area contributed by atoms with Crippen LogP contribution < -0.4 is 11.1 Å². The van der Waals surface area contributed by atoms with Gasteiger partial charge in [0.05, 0.1) is 0 Å². The van der Waals surface area contributed by atoms with Gasteiger partial charge < -0.3 is 20.7 Å². The van der Waals surface area contributed by atoms with Crippen LogP contribution in [-0.4, -0.2) is 49.8 Å². The summed E-state index contributed by atoms with van der Waals surface area (Å²) in [5.74, 6) is 0. The zero-order valence-electron chi connectivity index (χ0n) is 10.1. The molecule has 5 heteroatoms. The Labute approximate surface area is 97.3 Å². The number of likely N-dealkylation sites (tertiary alicyclic amines) is 1. The van der Waals surface area contributed by atoms with E-state index in [2.05, 4.69) is 21.9 Å². The first-order chi connectivity index (χ1) is 7.72. The minimum Gasteiger partial charge on any atom is -0.448 e. The first kappa shape index (κ1) is 13.3. The predicted molar refractivity (Wildman–Crippen MR) is 63.3 cm³/mol. The van der Waals surface area contributed by atoms with E-state index in [1.54, 1.807) is 0 Å². The van der Waals surface area contributed by atoms with E-state index >= 15 is 0 Å². The summed E-state index contributed by atoms with van der Waals surface area (Å²) in [6, 6.07) is 0.549. The lowest BCUT2D eigenvalue weighted by atomic mass is 10.1. The SMILES string of the molecule is CCN1CCCC(NCCOC(N)=O)CC1. The summed E-state index contributed by atoms with van der Waals surface area (Å²) in [7, 11) is 0. The van der Waals surface area contributed by atoms with E-state index < -0.39 is 6.09 Å². The Morgan fingerprint density at radius 1 is 1.50 bits per heavy atom. The monoisotopic (exact) mass is 229 g/mol. The zero-order valence-corrected chi connectivity index (χ0v) is 10.1. The van der Waals surface area contributed by atoms with Crippen molar-refractivity contribution in [2.75, 3.05) is 32.8 Å². The van der Waals surface area contributed by atoms with Crippen LogP contribution in [0.15, 0.2) is 0 Å². The molecule has 1 atom stereocenters. The highest BCUT2D eigenvalue weighted by Gasteiger charge is 2.15. The highest BCUT2D eigenvalue weighted by atomic mass is 16.5. The average molecular weight is 229 g/mol.